The lowest BCUT2D eigenvalue weighted by atomic mass is 10.1. The van der Waals surface area contributed by atoms with E-state index in [-0.39, 0.29) is 11.5 Å². The van der Waals surface area contributed by atoms with Crippen molar-refractivity contribution in [1.82, 2.24) is 14.5 Å². The summed E-state index contributed by atoms with van der Waals surface area (Å²) in [6, 6.07) is 4.56. The molecule has 0 fully saturated rings. The van der Waals surface area contributed by atoms with Gasteiger partial charge in [0.25, 0.3) is 0 Å². The van der Waals surface area contributed by atoms with Crippen LogP contribution in [0.5, 0.6) is 0 Å². The van der Waals surface area contributed by atoms with Gasteiger partial charge in [-0.05, 0) is 30.9 Å². The fourth-order valence-electron chi connectivity index (χ4n) is 2.77. The van der Waals surface area contributed by atoms with Crippen LogP contribution in [-0.4, -0.2) is 26.1 Å². The number of hydrogen-bond donors (Lipinski definition) is 2. The van der Waals surface area contributed by atoms with Crippen LogP contribution in [0.3, 0.4) is 0 Å². The van der Waals surface area contributed by atoms with E-state index in [1.165, 1.54) is 22.5 Å². The first kappa shape index (κ1) is 19.2. The van der Waals surface area contributed by atoms with Crippen molar-refractivity contribution >= 4 is 17.6 Å². The third-order valence-corrected chi connectivity index (χ3v) is 4.96. The number of amidine groups is 1. The molecule has 0 amide bonds. The molecule has 0 spiro atoms. The van der Waals surface area contributed by atoms with E-state index in [4.69, 9.17) is 11.1 Å². The molecule has 0 aliphatic carbocycles. The maximum Gasteiger partial charge on any atom is 0.417 e. The molecule has 3 N–H and O–H groups in total. The molecule has 1 aromatic heterocycles. The normalized spacial score (nSPS) is 11.9. The Morgan fingerprint density at radius 1 is 1.22 bits per heavy atom. The van der Waals surface area contributed by atoms with Crippen LogP contribution < -0.4 is 5.73 Å². The number of thioether (sulfide) groups is 1. The number of pyridine rings is 2. The molecule has 3 heterocycles. The minimum Gasteiger partial charge on any atom is -0.384 e. The number of nitrogens with zero attached hydrogens (tertiary/aromatic N) is 3. The maximum atomic E-state index is 13.2. The van der Waals surface area contributed by atoms with E-state index in [1.54, 1.807) is 19.1 Å². The first-order valence-corrected chi connectivity index (χ1v) is 9.28. The van der Waals surface area contributed by atoms with Gasteiger partial charge in [-0.15, -0.1) is 11.8 Å². The number of nitrogens with two attached hydrogens (primary N) is 1. The summed E-state index contributed by atoms with van der Waals surface area (Å²) in [6.07, 6.45) is -1.86. The second-order valence-corrected chi connectivity index (χ2v) is 7.15. The molecular weight excluding hydrogens is 375 g/mol. The minimum absolute atomic E-state index is 0.0914. The number of nitrogen functional groups attached to an aromatic ring is 1. The fraction of sp³-hybridized carbons (Fsp3) is 0.278. The van der Waals surface area contributed by atoms with Gasteiger partial charge in [0, 0.05) is 29.4 Å². The van der Waals surface area contributed by atoms with Crippen molar-refractivity contribution in [2.24, 2.45) is 5.73 Å². The lowest BCUT2D eigenvalue weighted by Gasteiger charge is -2.14. The van der Waals surface area contributed by atoms with Crippen molar-refractivity contribution < 1.29 is 13.2 Å². The molecule has 0 saturated heterocycles. The number of aromatic nitrogens is 3. The van der Waals surface area contributed by atoms with Crippen LogP contribution in [-0.2, 0) is 12.7 Å². The smallest absolute Gasteiger partial charge is 0.384 e. The van der Waals surface area contributed by atoms with Crippen LogP contribution in [0.2, 0.25) is 0 Å². The molecule has 1 aromatic rings. The van der Waals surface area contributed by atoms with E-state index in [1.807, 2.05) is 6.92 Å². The van der Waals surface area contributed by atoms with Crippen LogP contribution in [0.1, 0.15) is 25.0 Å². The Morgan fingerprint density at radius 3 is 2.56 bits per heavy atom. The lowest BCUT2D eigenvalue weighted by molar-refractivity contribution is -0.138. The highest BCUT2D eigenvalue weighted by Gasteiger charge is 2.33. The summed E-state index contributed by atoms with van der Waals surface area (Å²) in [5, 5.41) is 7.57. The Balaban J connectivity index is 2.18. The Labute approximate surface area is 158 Å². The van der Waals surface area contributed by atoms with Crippen molar-refractivity contribution in [3.8, 4) is 22.8 Å². The standard InChI is InChI=1S/C18H18F3N5S/c1-3-26-9-11(18(19,20)21)6-12-14(26)7-13(25-12)16-15(27-4-2)5-10(8-24-16)17(22)23/h5-9H,3-4H2,1-2H3,(H3,22,23). The van der Waals surface area contributed by atoms with E-state index in [2.05, 4.69) is 9.97 Å². The van der Waals surface area contributed by atoms with Gasteiger partial charge in [-0.25, -0.2) is 4.98 Å². The lowest BCUT2D eigenvalue weighted by Crippen LogP contribution is -2.11. The van der Waals surface area contributed by atoms with Crippen LogP contribution in [0.4, 0.5) is 13.2 Å². The second-order valence-electron chi connectivity index (χ2n) is 5.84. The number of aryl methyl sites for hydroxylation is 1. The average molecular weight is 393 g/mol. The van der Waals surface area contributed by atoms with Crippen molar-refractivity contribution in [3.63, 3.8) is 0 Å². The number of alkyl halides is 3. The Morgan fingerprint density at radius 2 is 1.96 bits per heavy atom. The topological polar surface area (TPSA) is 80.6 Å². The highest BCUT2D eigenvalue weighted by molar-refractivity contribution is 7.99. The summed E-state index contributed by atoms with van der Waals surface area (Å²) < 4.78 is 41.0. The third kappa shape index (κ3) is 3.78. The van der Waals surface area contributed by atoms with Gasteiger partial charge in [-0.1, -0.05) is 6.92 Å². The molecule has 2 aliphatic rings. The Kier molecular flexibility index (Phi) is 5.14. The highest BCUT2D eigenvalue weighted by Crippen LogP contribution is 2.37. The van der Waals surface area contributed by atoms with Crippen molar-refractivity contribution in [3.05, 3.63) is 41.7 Å². The minimum atomic E-state index is -4.44. The summed E-state index contributed by atoms with van der Waals surface area (Å²) in [7, 11) is 0. The molecule has 9 heteroatoms. The van der Waals surface area contributed by atoms with Gasteiger partial charge in [-0.2, -0.15) is 13.2 Å². The molecule has 142 valence electrons. The first-order chi connectivity index (χ1) is 12.7. The third-order valence-electron chi connectivity index (χ3n) is 4.05. The predicted molar refractivity (Wildman–Crippen MR) is 100 cm³/mol. The van der Waals surface area contributed by atoms with Gasteiger partial charge >= 0.3 is 6.18 Å². The summed E-state index contributed by atoms with van der Waals surface area (Å²) in [4.78, 5) is 9.56. The first-order valence-electron chi connectivity index (χ1n) is 8.30. The Hall–Kier alpha value is -2.55. The molecule has 5 nitrogen and oxygen atoms in total. The predicted octanol–water partition coefficient (Wildman–Crippen LogP) is 4.48. The SMILES string of the molecule is CCSc1cc(C(=N)N)cnc1-c1cc2n(CC)cc(C(F)(F)F)cc-2n1. The van der Waals surface area contributed by atoms with E-state index >= 15 is 0 Å². The van der Waals surface area contributed by atoms with Gasteiger partial charge < -0.3 is 10.3 Å². The molecule has 0 radical (unpaired) electrons. The van der Waals surface area contributed by atoms with E-state index in [9.17, 15) is 13.2 Å². The van der Waals surface area contributed by atoms with E-state index in [0.29, 0.717) is 29.2 Å². The number of hydrogen-bond acceptors (Lipinski definition) is 4. The molecule has 0 atom stereocenters. The molecule has 3 rings (SSSR count). The molecule has 0 bridgehead atoms. The van der Waals surface area contributed by atoms with Gasteiger partial charge in [0.1, 0.15) is 11.5 Å². The number of fused-ring (bicyclic) bond motifs is 1. The van der Waals surface area contributed by atoms with Gasteiger partial charge in [-0.3, -0.25) is 10.4 Å². The van der Waals surface area contributed by atoms with Crippen molar-refractivity contribution in [1.29, 1.82) is 5.41 Å². The zero-order valence-corrected chi connectivity index (χ0v) is 15.6. The Bertz CT molecular complexity index is 964. The number of halogens is 3. The van der Waals surface area contributed by atoms with E-state index in [0.717, 1.165) is 22.9 Å². The van der Waals surface area contributed by atoms with Crippen LogP contribution in [0.15, 0.2) is 35.5 Å². The highest BCUT2D eigenvalue weighted by atomic mass is 32.2. The van der Waals surface area contributed by atoms with Crippen LogP contribution >= 0.6 is 11.8 Å². The van der Waals surface area contributed by atoms with Gasteiger partial charge in [0.2, 0.25) is 0 Å². The van der Waals surface area contributed by atoms with Gasteiger partial charge in [0.05, 0.1) is 22.6 Å². The fourth-order valence-corrected chi connectivity index (χ4v) is 3.58. The summed E-state index contributed by atoms with van der Waals surface area (Å²) in [6.45, 7) is 4.15. The number of rotatable bonds is 5. The molecular formula is C18H18F3N5S. The summed E-state index contributed by atoms with van der Waals surface area (Å²) >= 11 is 1.51. The van der Waals surface area contributed by atoms with Gasteiger partial charge in [0.15, 0.2) is 0 Å². The summed E-state index contributed by atoms with van der Waals surface area (Å²) in [5.74, 6) is 0.676. The zero-order valence-electron chi connectivity index (χ0n) is 14.8. The average Bonchev–Trinajstić information content (AvgIpc) is 3.04. The second kappa shape index (κ2) is 7.22. The largest absolute Gasteiger partial charge is 0.417 e. The quantitative estimate of drug-likeness (QED) is 0.380. The van der Waals surface area contributed by atoms with Crippen LogP contribution in [0, 0.1) is 5.41 Å². The zero-order chi connectivity index (χ0) is 19.8. The number of nitrogens with one attached hydrogen (secondary N) is 1. The molecule has 0 unspecified atom stereocenters. The summed E-state index contributed by atoms with van der Waals surface area (Å²) in [5.41, 5.74) is 7.25. The van der Waals surface area contributed by atoms with Crippen molar-refractivity contribution in [2.75, 3.05) is 5.75 Å². The molecule has 27 heavy (non-hydrogen) atoms. The molecule has 0 saturated carbocycles. The van der Waals surface area contributed by atoms with Crippen molar-refractivity contribution in [2.45, 2.75) is 31.5 Å². The molecule has 0 aromatic carbocycles. The van der Waals surface area contributed by atoms with E-state index < -0.39 is 11.7 Å². The molecule has 2 aliphatic heterocycles. The monoisotopic (exact) mass is 393 g/mol. The van der Waals surface area contributed by atoms with Crippen LogP contribution in [0.25, 0.3) is 22.8 Å². The maximum absolute atomic E-state index is 13.2.